The molecule has 8 nitrogen and oxygen atoms in total. The number of ether oxygens (including phenoxy) is 3. The van der Waals surface area contributed by atoms with Crippen LogP contribution in [-0.2, 0) is 23.8 Å². The lowest BCUT2D eigenvalue weighted by Gasteiger charge is -2.47. The van der Waals surface area contributed by atoms with E-state index in [1.807, 2.05) is 0 Å². The molecule has 0 unspecified atom stereocenters. The van der Waals surface area contributed by atoms with Crippen molar-refractivity contribution in [2.24, 2.45) is 0 Å². The number of carbonyl (C=O) groups is 3. The number of amides is 2. The number of rotatable bonds is 2. The molecule has 136 valence electrons. The second-order valence-corrected chi connectivity index (χ2v) is 7.14. The van der Waals surface area contributed by atoms with Crippen molar-refractivity contribution >= 4 is 18.0 Å². The van der Waals surface area contributed by atoms with Crippen molar-refractivity contribution in [3.05, 3.63) is 0 Å². The topological polar surface area (TPSA) is 94.2 Å². The fourth-order valence-corrected chi connectivity index (χ4v) is 3.06. The number of hydrogen-bond donors (Lipinski definition) is 1. The van der Waals surface area contributed by atoms with Crippen molar-refractivity contribution in [3.63, 3.8) is 0 Å². The number of methoxy groups -OCH3 is 1. The van der Waals surface area contributed by atoms with Crippen LogP contribution in [0.2, 0.25) is 0 Å². The van der Waals surface area contributed by atoms with Crippen molar-refractivity contribution in [2.75, 3.05) is 7.11 Å². The summed E-state index contributed by atoms with van der Waals surface area (Å²) in [6, 6.07) is -1.59. The molecule has 4 atom stereocenters. The molecule has 24 heavy (non-hydrogen) atoms. The molecule has 2 aliphatic heterocycles. The maximum Gasteiger partial charge on any atom is 0.408 e. The summed E-state index contributed by atoms with van der Waals surface area (Å²) in [6.45, 7) is 6.94. The summed E-state index contributed by atoms with van der Waals surface area (Å²) in [4.78, 5) is 38.3. The second kappa shape index (κ2) is 6.96. The number of carbonyl (C=O) groups excluding carboxylic acids is 3. The maximum atomic E-state index is 12.9. The van der Waals surface area contributed by atoms with E-state index in [4.69, 9.17) is 14.2 Å². The Bertz CT molecular complexity index is 515. The van der Waals surface area contributed by atoms with Gasteiger partial charge in [0.15, 0.2) is 0 Å². The van der Waals surface area contributed by atoms with E-state index >= 15 is 0 Å². The van der Waals surface area contributed by atoms with Crippen LogP contribution in [0, 0.1) is 0 Å². The quantitative estimate of drug-likeness (QED) is 0.757. The average molecular weight is 342 g/mol. The van der Waals surface area contributed by atoms with E-state index in [1.165, 1.54) is 12.0 Å². The lowest BCUT2D eigenvalue weighted by molar-refractivity contribution is -0.200. The first-order valence-electron chi connectivity index (χ1n) is 8.19. The minimum absolute atomic E-state index is 0.347. The Balaban J connectivity index is 2.14. The molecular formula is C16H26N2O6. The highest BCUT2D eigenvalue weighted by Crippen LogP contribution is 2.30. The number of hydrogen-bond acceptors (Lipinski definition) is 6. The average Bonchev–Trinajstić information content (AvgIpc) is 2.48. The molecule has 0 radical (unpaired) electrons. The molecule has 0 aromatic rings. The van der Waals surface area contributed by atoms with E-state index < -0.39 is 42.1 Å². The van der Waals surface area contributed by atoms with E-state index in [9.17, 15) is 14.4 Å². The molecular weight excluding hydrogens is 316 g/mol. The number of fused-ring (bicyclic) bond motifs is 1. The molecule has 0 bridgehead atoms. The maximum absolute atomic E-state index is 12.9. The number of piperidine rings is 1. The van der Waals surface area contributed by atoms with Gasteiger partial charge >= 0.3 is 12.1 Å². The summed E-state index contributed by atoms with van der Waals surface area (Å²) < 4.78 is 15.9. The van der Waals surface area contributed by atoms with Crippen molar-refractivity contribution in [3.8, 4) is 0 Å². The molecule has 0 spiro atoms. The number of nitrogens with one attached hydrogen (secondary N) is 1. The van der Waals surface area contributed by atoms with Crippen LogP contribution in [0.1, 0.15) is 47.0 Å². The lowest BCUT2D eigenvalue weighted by Crippen LogP contribution is -2.67. The van der Waals surface area contributed by atoms with Crippen LogP contribution in [0.25, 0.3) is 0 Å². The van der Waals surface area contributed by atoms with E-state index in [-0.39, 0.29) is 5.91 Å². The molecule has 0 saturated carbocycles. The molecule has 0 aromatic carbocycles. The largest absolute Gasteiger partial charge is 0.467 e. The van der Waals surface area contributed by atoms with Gasteiger partial charge in [-0.2, -0.15) is 0 Å². The summed E-state index contributed by atoms with van der Waals surface area (Å²) in [7, 11) is 1.29. The van der Waals surface area contributed by atoms with Gasteiger partial charge in [0.1, 0.15) is 23.9 Å². The highest BCUT2D eigenvalue weighted by atomic mass is 16.6. The molecule has 2 saturated heterocycles. The van der Waals surface area contributed by atoms with Crippen LogP contribution in [-0.4, -0.2) is 60.0 Å². The molecule has 0 aliphatic carbocycles. The molecule has 2 aliphatic rings. The Kier molecular flexibility index (Phi) is 5.37. The van der Waals surface area contributed by atoms with Crippen LogP contribution in [0.15, 0.2) is 0 Å². The van der Waals surface area contributed by atoms with Gasteiger partial charge in [-0.25, -0.2) is 9.59 Å². The standard InChI is InChI=1S/C16H26N2O6/c1-9-12(17-15(21)24-16(2,3)4)13(19)18-10(14(20)22-5)7-6-8-11(18)23-9/h9-12H,6-8H2,1-5H3,(H,17,21)/t9-,10-,11-,12+/m0/s1. The SMILES string of the molecule is COC(=O)[C@@H]1CCC[C@@H]2O[C@@H](C)[C@@H](NC(=O)OC(C)(C)C)C(=O)N21. The molecule has 2 amide bonds. The number of nitrogens with zero attached hydrogens (tertiary/aromatic N) is 1. The van der Waals surface area contributed by atoms with Gasteiger partial charge in [0.05, 0.1) is 13.2 Å². The van der Waals surface area contributed by atoms with Crippen LogP contribution in [0.3, 0.4) is 0 Å². The summed E-state index contributed by atoms with van der Waals surface area (Å²) in [6.07, 6.45) is 0.269. The molecule has 2 fully saturated rings. The first-order chi connectivity index (χ1) is 11.1. The van der Waals surface area contributed by atoms with Crippen molar-refractivity contribution in [1.82, 2.24) is 10.2 Å². The highest BCUT2D eigenvalue weighted by molar-refractivity contribution is 5.91. The number of esters is 1. The van der Waals surface area contributed by atoms with Crippen LogP contribution >= 0.6 is 0 Å². The fourth-order valence-electron chi connectivity index (χ4n) is 3.06. The second-order valence-electron chi connectivity index (χ2n) is 7.14. The van der Waals surface area contributed by atoms with Gasteiger partial charge in [0.2, 0.25) is 0 Å². The highest BCUT2D eigenvalue weighted by Gasteiger charge is 2.48. The zero-order chi connectivity index (χ0) is 18.1. The Morgan fingerprint density at radius 2 is 1.96 bits per heavy atom. The fraction of sp³-hybridized carbons (Fsp3) is 0.812. The monoisotopic (exact) mass is 342 g/mol. The van der Waals surface area contributed by atoms with Gasteiger partial charge in [-0.15, -0.1) is 0 Å². The van der Waals surface area contributed by atoms with Crippen molar-refractivity contribution in [2.45, 2.75) is 77.0 Å². The van der Waals surface area contributed by atoms with Gasteiger partial charge in [-0.05, 0) is 47.0 Å². The normalized spacial score (nSPS) is 30.4. The molecule has 2 rings (SSSR count). The first kappa shape index (κ1) is 18.5. The third-order valence-electron chi connectivity index (χ3n) is 4.08. The third kappa shape index (κ3) is 3.98. The van der Waals surface area contributed by atoms with Crippen LogP contribution < -0.4 is 5.32 Å². The number of alkyl carbamates (subject to hydrolysis) is 1. The Morgan fingerprint density at radius 3 is 2.54 bits per heavy atom. The molecule has 2 heterocycles. The van der Waals surface area contributed by atoms with E-state index in [2.05, 4.69) is 5.32 Å². The summed E-state index contributed by atoms with van der Waals surface area (Å²) >= 11 is 0. The van der Waals surface area contributed by atoms with E-state index in [0.717, 1.165) is 6.42 Å². The predicted molar refractivity (Wildman–Crippen MR) is 84.0 cm³/mol. The van der Waals surface area contributed by atoms with Gasteiger partial charge in [-0.3, -0.25) is 4.79 Å². The minimum Gasteiger partial charge on any atom is -0.467 e. The first-order valence-corrected chi connectivity index (χ1v) is 8.19. The van der Waals surface area contributed by atoms with Gasteiger partial charge in [0, 0.05) is 0 Å². The zero-order valence-corrected chi connectivity index (χ0v) is 14.8. The van der Waals surface area contributed by atoms with Gasteiger partial charge < -0.3 is 24.4 Å². The molecule has 0 aromatic heterocycles. The van der Waals surface area contributed by atoms with Gasteiger partial charge in [0.25, 0.3) is 5.91 Å². The summed E-state index contributed by atoms with van der Waals surface area (Å²) in [5, 5.41) is 2.56. The zero-order valence-electron chi connectivity index (χ0n) is 14.8. The molecule has 8 heteroatoms. The predicted octanol–water partition coefficient (Wildman–Crippen LogP) is 1.18. The van der Waals surface area contributed by atoms with Crippen LogP contribution in [0.4, 0.5) is 4.79 Å². The minimum atomic E-state index is -0.902. The molecule has 1 N–H and O–H groups in total. The summed E-state index contributed by atoms with van der Waals surface area (Å²) in [5.74, 6) is -0.818. The van der Waals surface area contributed by atoms with E-state index in [0.29, 0.717) is 12.8 Å². The Hall–Kier alpha value is -1.83. The van der Waals surface area contributed by atoms with Crippen molar-refractivity contribution < 1.29 is 28.6 Å². The lowest BCUT2D eigenvalue weighted by atomic mass is 9.96. The van der Waals surface area contributed by atoms with Crippen LogP contribution in [0.5, 0.6) is 0 Å². The van der Waals surface area contributed by atoms with Crippen molar-refractivity contribution in [1.29, 1.82) is 0 Å². The van der Waals surface area contributed by atoms with Gasteiger partial charge in [-0.1, -0.05) is 0 Å². The summed E-state index contributed by atoms with van der Waals surface area (Å²) in [5.41, 5.74) is -0.673. The van der Waals surface area contributed by atoms with E-state index in [1.54, 1.807) is 27.7 Å². The Morgan fingerprint density at radius 1 is 1.29 bits per heavy atom. The third-order valence-corrected chi connectivity index (χ3v) is 4.08. The smallest absolute Gasteiger partial charge is 0.408 e. The Labute approximate surface area is 141 Å².